The van der Waals surface area contributed by atoms with Crippen LogP contribution in [0.15, 0.2) is 50.0 Å². The largest absolute Gasteiger partial charge is 0.444 e. The Bertz CT molecular complexity index is 843. The Morgan fingerprint density at radius 1 is 1.19 bits per heavy atom. The SMILES string of the molecule is Cc1cc(NC(=O)c2ccc(Br)o2)c2cc(Br)ccc2n1. The smallest absolute Gasteiger partial charge is 0.291 e. The van der Waals surface area contributed by atoms with Crippen molar-refractivity contribution in [1.82, 2.24) is 4.98 Å². The Morgan fingerprint density at radius 3 is 2.71 bits per heavy atom. The van der Waals surface area contributed by atoms with Crippen LogP contribution in [0.5, 0.6) is 0 Å². The number of hydrogen-bond acceptors (Lipinski definition) is 3. The fourth-order valence-electron chi connectivity index (χ4n) is 2.05. The second-order valence-corrected chi connectivity index (χ2v) is 6.23. The van der Waals surface area contributed by atoms with Crippen LogP contribution < -0.4 is 5.32 Å². The van der Waals surface area contributed by atoms with E-state index in [0.717, 1.165) is 21.1 Å². The van der Waals surface area contributed by atoms with Crippen LogP contribution in [0.3, 0.4) is 0 Å². The number of anilines is 1. The fourth-order valence-corrected chi connectivity index (χ4v) is 2.72. The number of nitrogens with zero attached hydrogens (tertiary/aromatic N) is 1. The van der Waals surface area contributed by atoms with E-state index in [-0.39, 0.29) is 11.7 Å². The second kappa shape index (κ2) is 5.61. The lowest BCUT2D eigenvalue weighted by Gasteiger charge is -2.09. The number of amides is 1. The van der Waals surface area contributed by atoms with Gasteiger partial charge in [-0.1, -0.05) is 15.9 Å². The van der Waals surface area contributed by atoms with Crippen molar-refractivity contribution in [2.75, 3.05) is 5.32 Å². The summed E-state index contributed by atoms with van der Waals surface area (Å²) in [5.41, 5.74) is 2.37. The molecule has 0 aliphatic heterocycles. The topological polar surface area (TPSA) is 55.1 Å². The Morgan fingerprint density at radius 2 is 2.00 bits per heavy atom. The van der Waals surface area contributed by atoms with Crippen LogP contribution in [0.25, 0.3) is 10.9 Å². The summed E-state index contributed by atoms with van der Waals surface area (Å²) in [7, 11) is 0. The zero-order valence-electron chi connectivity index (χ0n) is 11.0. The van der Waals surface area contributed by atoms with Crippen molar-refractivity contribution < 1.29 is 9.21 Å². The molecule has 0 bridgehead atoms. The number of halogens is 2. The molecule has 2 heterocycles. The highest BCUT2D eigenvalue weighted by Gasteiger charge is 2.13. The summed E-state index contributed by atoms with van der Waals surface area (Å²) in [4.78, 5) is 16.7. The molecular weight excluding hydrogens is 400 g/mol. The van der Waals surface area contributed by atoms with Crippen LogP contribution in [0.4, 0.5) is 5.69 Å². The quantitative estimate of drug-likeness (QED) is 0.653. The number of carbonyl (C=O) groups excluding carboxylic acids is 1. The molecule has 0 fully saturated rings. The standard InChI is InChI=1S/C15H10Br2N2O2/c1-8-6-12(10-7-9(16)2-3-11(10)18-8)19-15(20)13-4-5-14(17)21-13/h2-7H,1H3,(H,18,19,20). The third-order valence-electron chi connectivity index (χ3n) is 2.94. The molecule has 0 unspecified atom stereocenters. The van der Waals surface area contributed by atoms with Gasteiger partial charge in [-0.25, -0.2) is 0 Å². The van der Waals surface area contributed by atoms with Crippen molar-refractivity contribution in [3.8, 4) is 0 Å². The summed E-state index contributed by atoms with van der Waals surface area (Å²) in [6, 6.07) is 10.9. The Balaban J connectivity index is 2.03. The number of rotatable bonds is 2. The molecule has 0 radical (unpaired) electrons. The summed E-state index contributed by atoms with van der Waals surface area (Å²) in [6.07, 6.45) is 0. The van der Waals surface area contributed by atoms with E-state index in [1.165, 1.54) is 0 Å². The number of benzene rings is 1. The highest BCUT2D eigenvalue weighted by atomic mass is 79.9. The van der Waals surface area contributed by atoms with Crippen LogP contribution in [0, 0.1) is 6.92 Å². The van der Waals surface area contributed by atoms with Crippen LogP contribution in [-0.2, 0) is 0 Å². The first kappa shape index (κ1) is 14.3. The molecule has 0 atom stereocenters. The van der Waals surface area contributed by atoms with Gasteiger partial charge in [0.1, 0.15) is 0 Å². The van der Waals surface area contributed by atoms with E-state index in [1.807, 2.05) is 31.2 Å². The van der Waals surface area contributed by atoms with Gasteiger partial charge in [0.25, 0.3) is 5.91 Å². The average molecular weight is 410 g/mol. The predicted octanol–water partition coefficient (Wildman–Crippen LogP) is 4.91. The average Bonchev–Trinajstić information content (AvgIpc) is 2.86. The molecule has 3 rings (SSSR count). The molecule has 1 aromatic carbocycles. The number of pyridine rings is 1. The number of carbonyl (C=O) groups is 1. The van der Waals surface area contributed by atoms with Gasteiger partial charge in [-0.05, 0) is 59.3 Å². The molecule has 1 N–H and O–H groups in total. The molecule has 0 aliphatic carbocycles. The van der Waals surface area contributed by atoms with E-state index in [4.69, 9.17) is 4.42 Å². The van der Waals surface area contributed by atoms with Crippen molar-refractivity contribution in [3.05, 3.63) is 57.0 Å². The molecule has 6 heteroatoms. The highest BCUT2D eigenvalue weighted by Crippen LogP contribution is 2.27. The van der Waals surface area contributed by atoms with Crippen LogP contribution in [-0.4, -0.2) is 10.9 Å². The molecule has 4 nitrogen and oxygen atoms in total. The normalized spacial score (nSPS) is 10.8. The van der Waals surface area contributed by atoms with Gasteiger partial charge in [0.05, 0.1) is 11.2 Å². The molecule has 3 aromatic rings. The summed E-state index contributed by atoms with van der Waals surface area (Å²) < 4.78 is 6.71. The minimum atomic E-state index is -0.299. The second-order valence-electron chi connectivity index (χ2n) is 4.53. The third kappa shape index (κ3) is 3.01. The van der Waals surface area contributed by atoms with Crippen molar-refractivity contribution in [3.63, 3.8) is 0 Å². The van der Waals surface area contributed by atoms with E-state index in [9.17, 15) is 4.79 Å². The number of furan rings is 1. The van der Waals surface area contributed by atoms with Gasteiger partial charge in [-0.15, -0.1) is 0 Å². The zero-order chi connectivity index (χ0) is 15.0. The predicted molar refractivity (Wildman–Crippen MR) is 88.5 cm³/mol. The molecule has 21 heavy (non-hydrogen) atoms. The number of fused-ring (bicyclic) bond motifs is 1. The lowest BCUT2D eigenvalue weighted by Crippen LogP contribution is -2.11. The van der Waals surface area contributed by atoms with Crippen molar-refractivity contribution in [1.29, 1.82) is 0 Å². The molecular formula is C15H10Br2N2O2. The lowest BCUT2D eigenvalue weighted by atomic mass is 10.1. The summed E-state index contributed by atoms with van der Waals surface area (Å²) >= 11 is 6.62. The monoisotopic (exact) mass is 408 g/mol. The maximum absolute atomic E-state index is 12.2. The molecule has 2 aromatic heterocycles. The summed E-state index contributed by atoms with van der Waals surface area (Å²) in [6.45, 7) is 1.89. The van der Waals surface area contributed by atoms with E-state index in [2.05, 4.69) is 42.2 Å². The van der Waals surface area contributed by atoms with Crippen LogP contribution >= 0.6 is 31.9 Å². The molecule has 106 valence electrons. The van der Waals surface area contributed by atoms with Gasteiger partial charge in [0.2, 0.25) is 0 Å². The first-order valence-corrected chi connectivity index (χ1v) is 7.75. The Kier molecular flexibility index (Phi) is 3.82. The van der Waals surface area contributed by atoms with Gasteiger partial charge >= 0.3 is 0 Å². The fraction of sp³-hybridized carbons (Fsp3) is 0.0667. The minimum Gasteiger partial charge on any atom is -0.444 e. The molecule has 0 spiro atoms. The first-order valence-electron chi connectivity index (χ1n) is 6.16. The van der Waals surface area contributed by atoms with Crippen molar-refractivity contribution in [2.45, 2.75) is 6.92 Å². The van der Waals surface area contributed by atoms with E-state index < -0.39 is 0 Å². The highest BCUT2D eigenvalue weighted by molar-refractivity contribution is 9.10. The minimum absolute atomic E-state index is 0.250. The van der Waals surface area contributed by atoms with E-state index in [0.29, 0.717) is 10.4 Å². The number of aromatic nitrogens is 1. The molecule has 0 saturated heterocycles. The zero-order valence-corrected chi connectivity index (χ0v) is 14.2. The first-order chi connectivity index (χ1) is 10.0. The summed E-state index contributed by atoms with van der Waals surface area (Å²) in [5, 5.41) is 3.74. The molecule has 1 amide bonds. The Labute approximate surface area is 137 Å². The molecule has 0 saturated carbocycles. The van der Waals surface area contributed by atoms with Crippen molar-refractivity contribution >= 4 is 54.4 Å². The van der Waals surface area contributed by atoms with Crippen molar-refractivity contribution in [2.24, 2.45) is 0 Å². The van der Waals surface area contributed by atoms with Crippen LogP contribution in [0.2, 0.25) is 0 Å². The van der Waals surface area contributed by atoms with E-state index in [1.54, 1.807) is 12.1 Å². The third-order valence-corrected chi connectivity index (χ3v) is 3.86. The van der Waals surface area contributed by atoms with Gasteiger partial charge in [-0.2, -0.15) is 0 Å². The Hall–Kier alpha value is -1.66. The van der Waals surface area contributed by atoms with Gasteiger partial charge in [-0.3, -0.25) is 9.78 Å². The number of aryl methyl sites for hydroxylation is 1. The molecule has 0 aliphatic rings. The van der Waals surface area contributed by atoms with Crippen LogP contribution in [0.1, 0.15) is 16.2 Å². The maximum Gasteiger partial charge on any atom is 0.291 e. The van der Waals surface area contributed by atoms with Gasteiger partial charge in [0.15, 0.2) is 10.4 Å². The maximum atomic E-state index is 12.2. The summed E-state index contributed by atoms with van der Waals surface area (Å²) in [5.74, 6) is -0.0490. The number of nitrogens with one attached hydrogen (secondary N) is 1. The van der Waals surface area contributed by atoms with Gasteiger partial charge < -0.3 is 9.73 Å². The lowest BCUT2D eigenvalue weighted by molar-refractivity contribution is 0.0995. The van der Waals surface area contributed by atoms with Gasteiger partial charge in [0, 0.05) is 15.6 Å². The number of hydrogen-bond donors (Lipinski definition) is 1. The van der Waals surface area contributed by atoms with E-state index >= 15 is 0 Å².